The van der Waals surface area contributed by atoms with Crippen LogP contribution in [0.15, 0.2) is 42.6 Å². The molecule has 2 aromatic heterocycles. The van der Waals surface area contributed by atoms with Gasteiger partial charge in [-0.25, -0.2) is 14.6 Å². The van der Waals surface area contributed by atoms with Gasteiger partial charge in [-0.15, -0.1) is 0 Å². The van der Waals surface area contributed by atoms with E-state index in [1.165, 1.54) is 24.1 Å². The second kappa shape index (κ2) is 14.6. The average molecular weight is 606 g/mol. The van der Waals surface area contributed by atoms with Gasteiger partial charge in [-0.1, -0.05) is 12.1 Å². The van der Waals surface area contributed by atoms with Gasteiger partial charge in [0.1, 0.15) is 5.82 Å². The van der Waals surface area contributed by atoms with Crippen LogP contribution in [0.5, 0.6) is 0 Å². The summed E-state index contributed by atoms with van der Waals surface area (Å²) in [5.74, 6) is -5.11. The lowest BCUT2D eigenvalue weighted by atomic mass is 10.1. The number of nitrogens with two attached hydrogens (primary N) is 1. The molecule has 1 amide bonds. The quantitative estimate of drug-likeness (QED) is 0.252. The third-order valence-electron chi connectivity index (χ3n) is 6.02. The van der Waals surface area contributed by atoms with Crippen molar-refractivity contribution in [2.24, 2.45) is 5.73 Å². The molecule has 1 aromatic carbocycles. The molecular weight excluding hydrogens is 576 g/mol. The number of nitrogens with one attached hydrogen (secondary N) is 2. The molecule has 42 heavy (non-hydrogen) atoms. The molecule has 10 nitrogen and oxygen atoms in total. The number of carboxylic acids is 2. The van der Waals surface area contributed by atoms with Crippen molar-refractivity contribution in [2.45, 2.75) is 44.1 Å². The first-order valence-corrected chi connectivity index (χ1v) is 12.4. The molecule has 0 spiro atoms. The van der Waals surface area contributed by atoms with Crippen LogP contribution < -0.4 is 11.1 Å². The van der Waals surface area contributed by atoms with Gasteiger partial charge < -0.3 is 26.2 Å². The first-order chi connectivity index (χ1) is 19.5. The predicted molar refractivity (Wildman–Crippen MR) is 140 cm³/mol. The van der Waals surface area contributed by atoms with E-state index < -0.39 is 24.3 Å². The number of carboxylic acid groups (broad SMARTS) is 2. The highest BCUT2D eigenvalue weighted by Gasteiger charge is 2.38. The van der Waals surface area contributed by atoms with E-state index in [0.29, 0.717) is 24.0 Å². The largest absolute Gasteiger partial charge is 0.490 e. The Morgan fingerprint density at radius 2 is 1.62 bits per heavy atom. The molecule has 1 aliphatic rings. The fourth-order valence-corrected chi connectivity index (χ4v) is 3.92. The lowest BCUT2D eigenvalue weighted by molar-refractivity contribution is -0.193. The van der Waals surface area contributed by atoms with Crippen LogP contribution in [0.3, 0.4) is 0 Å². The molecule has 0 bridgehead atoms. The highest BCUT2D eigenvalue weighted by Crippen LogP contribution is 2.32. The number of hydrogen-bond donors (Lipinski definition) is 5. The monoisotopic (exact) mass is 605 g/mol. The van der Waals surface area contributed by atoms with Crippen molar-refractivity contribution >= 4 is 34.6 Å². The Morgan fingerprint density at radius 3 is 2.10 bits per heavy atom. The van der Waals surface area contributed by atoms with E-state index in [4.69, 9.17) is 25.5 Å². The van der Waals surface area contributed by atoms with E-state index in [1.807, 2.05) is 36.5 Å². The minimum atomic E-state index is -5.08. The van der Waals surface area contributed by atoms with Crippen LogP contribution in [-0.4, -0.2) is 75.4 Å². The summed E-state index contributed by atoms with van der Waals surface area (Å²) in [6, 6.07) is 12.2. The first-order valence-electron chi connectivity index (χ1n) is 12.4. The Kier molecular flexibility index (Phi) is 11.9. The van der Waals surface area contributed by atoms with E-state index in [9.17, 15) is 31.1 Å². The number of anilines is 1. The number of carbonyl (C=O) groups excluding carboxylic acids is 1. The first kappa shape index (κ1) is 34.0. The zero-order valence-electron chi connectivity index (χ0n) is 22.2. The molecule has 6 N–H and O–H groups in total. The normalized spacial score (nSPS) is 15.3. The van der Waals surface area contributed by atoms with Crippen molar-refractivity contribution in [3.8, 4) is 0 Å². The van der Waals surface area contributed by atoms with Crippen molar-refractivity contribution in [2.75, 3.05) is 25.5 Å². The number of carbonyl (C=O) groups is 3. The molecule has 1 saturated heterocycles. The van der Waals surface area contributed by atoms with Crippen LogP contribution in [0, 0.1) is 0 Å². The summed E-state index contributed by atoms with van der Waals surface area (Å²) in [5, 5.41) is 18.2. The molecule has 3 aromatic rings. The summed E-state index contributed by atoms with van der Waals surface area (Å²) in [4.78, 5) is 40.6. The number of benzene rings is 1. The van der Waals surface area contributed by atoms with Gasteiger partial charge in [0.15, 0.2) is 0 Å². The van der Waals surface area contributed by atoms with Crippen LogP contribution in [0.2, 0.25) is 0 Å². The van der Waals surface area contributed by atoms with Gasteiger partial charge in [-0.05, 0) is 69.6 Å². The fourth-order valence-electron chi connectivity index (χ4n) is 3.92. The highest BCUT2D eigenvalue weighted by molar-refractivity contribution is 6.04. The predicted octanol–water partition coefficient (Wildman–Crippen LogP) is 4.74. The number of halogens is 6. The lowest BCUT2D eigenvalue weighted by Gasteiger charge is -2.17. The molecule has 1 fully saturated rings. The van der Waals surface area contributed by atoms with Crippen LogP contribution in [-0.2, 0) is 16.0 Å². The van der Waals surface area contributed by atoms with Crippen LogP contribution in [0.4, 0.5) is 32.2 Å². The minimum absolute atomic E-state index is 0.153. The minimum Gasteiger partial charge on any atom is -0.475 e. The zero-order chi connectivity index (χ0) is 31.7. The van der Waals surface area contributed by atoms with E-state index in [0.717, 1.165) is 30.3 Å². The highest BCUT2D eigenvalue weighted by atomic mass is 19.4. The van der Waals surface area contributed by atoms with Crippen LogP contribution in [0.25, 0.3) is 10.9 Å². The number of aryl methyl sites for hydroxylation is 1. The molecule has 0 saturated carbocycles. The van der Waals surface area contributed by atoms with Gasteiger partial charge in [0.05, 0.1) is 5.52 Å². The van der Waals surface area contributed by atoms with Gasteiger partial charge in [-0.3, -0.25) is 9.69 Å². The number of nitrogens with zero attached hydrogens (tertiary/aromatic N) is 2. The summed E-state index contributed by atoms with van der Waals surface area (Å²) in [6.45, 7) is 1.80. The second-order valence-electron chi connectivity index (χ2n) is 9.17. The summed E-state index contributed by atoms with van der Waals surface area (Å²) >= 11 is 0. The number of hydrogen-bond acceptors (Lipinski definition) is 6. The molecule has 16 heteroatoms. The van der Waals surface area contributed by atoms with Crippen molar-refractivity contribution in [1.29, 1.82) is 0 Å². The summed E-state index contributed by atoms with van der Waals surface area (Å²) < 4.78 is 63.5. The summed E-state index contributed by atoms with van der Waals surface area (Å²) in [7, 11) is 2.16. The van der Waals surface area contributed by atoms with Crippen molar-refractivity contribution in [3.63, 3.8) is 0 Å². The maximum Gasteiger partial charge on any atom is 0.490 e. The Hall–Kier alpha value is -4.18. The third kappa shape index (κ3) is 10.3. The van der Waals surface area contributed by atoms with Crippen molar-refractivity contribution in [1.82, 2.24) is 14.9 Å². The lowest BCUT2D eigenvalue weighted by Crippen LogP contribution is -2.21. The number of pyridine rings is 1. The Morgan fingerprint density at radius 1 is 1.05 bits per heavy atom. The van der Waals surface area contributed by atoms with Crippen molar-refractivity contribution in [3.05, 3.63) is 59.4 Å². The molecule has 0 aliphatic carbocycles. The number of rotatable bonds is 6. The van der Waals surface area contributed by atoms with Crippen LogP contribution >= 0.6 is 0 Å². The van der Waals surface area contributed by atoms with Gasteiger partial charge in [-0.2, -0.15) is 26.3 Å². The molecular formula is C26H29F6N5O5. The molecule has 3 heterocycles. The van der Waals surface area contributed by atoms with E-state index in [2.05, 4.69) is 33.3 Å². The molecule has 0 unspecified atom stereocenters. The molecule has 1 aliphatic heterocycles. The molecule has 0 radical (unpaired) electrons. The Balaban J connectivity index is 0.000000367. The number of aromatic amines is 1. The number of fused-ring (bicyclic) bond motifs is 1. The number of alkyl halides is 6. The SMILES string of the molecule is CN1CCC[C@H]1c1cc2cnc(NC(=O)c3ccc(CCCN)cc3)cc2[nH]1.O=C(O)C(F)(F)F.O=C(O)C(F)(F)F. The van der Waals surface area contributed by atoms with Gasteiger partial charge in [0, 0.05) is 34.9 Å². The standard InChI is InChI=1S/C22H27N5O.2C2HF3O2/c1-27-11-3-5-20(27)19-12-17-14-24-21(13-18(17)25-19)26-22(28)16-8-6-15(7-9-16)4-2-10-23;2*3-2(4,5)1(6)7/h6-9,12-14,20,25H,2-5,10-11,23H2,1H3,(H,24,26,28);2*(H,6,7)/t20-;;/m0../s1. The third-order valence-corrected chi connectivity index (χ3v) is 6.02. The molecule has 4 rings (SSSR count). The number of amides is 1. The van der Waals surface area contributed by atoms with E-state index >= 15 is 0 Å². The van der Waals surface area contributed by atoms with Crippen LogP contribution in [0.1, 0.15) is 46.9 Å². The fraction of sp³-hybridized carbons (Fsp3) is 0.385. The Bertz CT molecular complexity index is 1330. The van der Waals surface area contributed by atoms with E-state index in [-0.39, 0.29) is 5.91 Å². The number of H-pyrrole nitrogens is 1. The molecule has 230 valence electrons. The number of aliphatic carboxylic acids is 2. The summed E-state index contributed by atoms with van der Waals surface area (Å²) in [5.41, 5.74) is 9.58. The van der Waals surface area contributed by atoms with Crippen molar-refractivity contribution < 1.29 is 50.9 Å². The summed E-state index contributed by atoms with van der Waals surface area (Å²) in [6.07, 6.45) is -4.08. The topological polar surface area (TPSA) is 162 Å². The number of aromatic nitrogens is 2. The van der Waals surface area contributed by atoms with Gasteiger partial charge in [0.2, 0.25) is 0 Å². The average Bonchev–Trinajstić information content (AvgIpc) is 3.52. The van der Waals surface area contributed by atoms with Gasteiger partial charge >= 0.3 is 24.3 Å². The number of likely N-dealkylation sites (tertiary alicyclic amines) is 1. The van der Waals surface area contributed by atoms with E-state index in [1.54, 1.807) is 0 Å². The smallest absolute Gasteiger partial charge is 0.475 e. The zero-order valence-corrected chi connectivity index (χ0v) is 22.2. The molecule has 1 atom stereocenters. The second-order valence-corrected chi connectivity index (χ2v) is 9.17. The van der Waals surface area contributed by atoms with Gasteiger partial charge in [0.25, 0.3) is 5.91 Å². The Labute approximate surface area is 235 Å². The maximum absolute atomic E-state index is 12.5. The maximum atomic E-state index is 12.5.